The summed E-state index contributed by atoms with van der Waals surface area (Å²) < 4.78 is 10.2. The molecule has 0 bridgehead atoms. The first kappa shape index (κ1) is 16.5. The molecule has 122 valence electrons. The van der Waals surface area contributed by atoms with E-state index in [1.165, 1.54) is 7.11 Å². The fourth-order valence-electron chi connectivity index (χ4n) is 2.76. The Balaban J connectivity index is 2.06. The van der Waals surface area contributed by atoms with E-state index in [4.69, 9.17) is 9.26 Å². The third-order valence-electron chi connectivity index (χ3n) is 3.81. The van der Waals surface area contributed by atoms with Crippen LogP contribution >= 0.6 is 0 Å². The minimum atomic E-state index is -0.270. The minimum Gasteiger partial charge on any atom is -0.375 e. The lowest BCUT2D eigenvalue weighted by Crippen LogP contribution is -2.40. The molecule has 1 saturated carbocycles. The van der Waals surface area contributed by atoms with Gasteiger partial charge in [0.1, 0.15) is 6.61 Å². The molecule has 0 aromatic carbocycles. The van der Waals surface area contributed by atoms with Gasteiger partial charge in [0.25, 0.3) is 5.91 Å². The second-order valence-corrected chi connectivity index (χ2v) is 5.43. The maximum atomic E-state index is 12.2. The number of carbonyl (C=O) groups excluding carboxylic acids is 2. The zero-order valence-corrected chi connectivity index (χ0v) is 13.1. The highest BCUT2D eigenvalue weighted by atomic mass is 16.5. The highest BCUT2D eigenvalue weighted by molar-refractivity contribution is 5.92. The molecule has 1 N–H and O–H groups in total. The molecule has 22 heavy (non-hydrogen) atoms. The van der Waals surface area contributed by atoms with Crippen LogP contribution in [-0.2, 0) is 16.1 Å². The number of carbonyl (C=O) groups is 2. The van der Waals surface area contributed by atoms with Crippen molar-refractivity contribution in [3.05, 3.63) is 17.5 Å². The summed E-state index contributed by atoms with van der Waals surface area (Å²) >= 11 is 0. The Morgan fingerprint density at radius 1 is 1.45 bits per heavy atom. The molecule has 1 aromatic rings. The zero-order valence-electron chi connectivity index (χ0n) is 13.1. The number of aromatic nitrogens is 1. The van der Waals surface area contributed by atoms with Gasteiger partial charge in [-0.1, -0.05) is 18.0 Å². The summed E-state index contributed by atoms with van der Waals surface area (Å²) in [5.74, 6) is 0.177. The van der Waals surface area contributed by atoms with Crippen molar-refractivity contribution in [3.8, 4) is 0 Å². The predicted octanol–water partition coefficient (Wildman–Crippen LogP) is 1.34. The third-order valence-corrected chi connectivity index (χ3v) is 3.81. The van der Waals surface area contributed by atoms with Gasteiger partial charge >= 0.3 is 0 Å². The molecule has 1 aromatic heterocycles. The number of nitrogens with zero attached hydrogens (tertiary/aromatic N) is 2. The normalized spacial score (nSPS) is 15.0. The lowest BCUT2D eigenvalue weighted by atomic mass is 10.2. The number of rotatable bonds is 7. The second-order valence-electron chi connectivity index (χ2n) is 5.43. The Labute approximate surface area is 130 Å². The van der Waals surface area contributed by atoms with E-state index in [-0.39, 0.29) is 30.2 Å². The summed E-state index contributed by atoms with van der Waals surface area (Å²) in [5, 5.41) is 6.43. The number of amides is 2. The zero-order chi connectivity index (χ0) is 15.9. The van der Waals surface area contributed by atoms with E-state index in [9.17, 15) is 9.59 Å². The van der Waals surface area contributed by atoms with Crippen molar-refractivity contribution in [1.29, 1.82) is 0 Å². The summed E-state index contributed by atoms with van der Waals surface area (Å²) in [7, 11) is 1.51. The monoisotopic (exact) mass is 309 g/mol. The van der Waals surface area contributed by atoms with Gasteiger partial charge in [0.05, 0.1) is 6.54 Å². The summed E-state index contributed by atoms with van der Waals surface area (Å²) in [6.07, 6.45) is 4.24. The minimum absolute atomic E-state index is 0.0494. The average molecular weight is 309 g/mol. The summed E-state index contributed by atoms with van der Waals surface area (Å²) in [6.45, 7) is 2.73. The van der Waals surface area contributed by atoms with Crippen molar-refractivity contribution in [2.45, 2.75) is 45.2 Å². The van der Waals surface area contributed by atoms with Crippen molar-refractivity contribution >= 4 is 11.8 Å². The van der Waals surface area contributed by atoms with Gasteiger partial charge in [-0.2, -0.15) is 0 Å². The van der Waals surface area contributed by atoms with E-state index in [1.54, 1.807) is 11.0 Å². The quantitative estimate of drug-likeness (QED) is 0.821. The van der Waals surface area contributed by atoms with Crippen LogP contribution in [-0.4, -0.2) is 48.2 Å². The van der Waals surface area contributed by atoms with Gasteiger partial charge in [-0.05, 0) is 19.8 Å². The van der Waals surface area contributed by atoms with Crippen molar-refractivity contribution < 1.29 is 18.8 Å². The molecule has 7 heteroatoms. The van der Waals surface area contributed by atoms with E-state index < -0.39 is 0 Å². The van der Waals surface area contributed by atoms with E-state index >= 15 is 0 Å². The van der Waals surface area contributed by atoms with Crippen LogP contribution in [0, 0.1) is 0 Å². The Morgan fingerprint density at radius 3 is 2.82 bits per heavy atom. The van der Waals surface area contributed by atoms with Crippen LogP contribution < -0.4 is 5.32 Å². The maximum absolute atomic E-state index is 12.2. The molecular weight excluding hydrogens is 286 g/mol. The number of methoxy groups -OCH3 is 1. The molecule has 7 nitrogen and oxygen atoms in total. The van der Waals surface area contributed by atoms with Crippen LogP contribution in [0.3, 0.4) is 0 Å². The Morgan fingerprint density at radius 2 is 2.18 bits per heavy atom. The SMILES string of the molecule is CCNC(=O)c1cc(CN(C(=O)COC)C2CCCC2)on1. The van der Waals surface area contributed by atoms with Gasteiger partial charge in [-0.15, -0.1) is 0 Å². The van der Waals surface area contributed by atoms with Crippen LogP contribution in [0.1, 0.15) is 48.9 Å². The number of ether oxygens (including phenoxy) is 1. The number of hydrogen-bond donors (Lipinski definition) is 1. The molecule has 0 radical (unpaired) electrons. The second kappa shape index (κ2) is 7.93. The lowest BCUT2D eigenvalue weighted by Gasteiger charge is -2.27. The van der Waals surface area contributed by atoms with Gasteiger partial charge in [0.15, 0.2) is 11.5 Å². The van der Waals surface area contributed by atoms with E-state index in [0.717, 1.165) is 25.7 Å². The molecule has 0 atom stereocenters. The first-order chi connectivity index (χ1) is 10.7. The molecule has 1 aliphatic carbocycles. The standard InChI is InChI=1S/C15H23N3O4/c1-3-16-15(20)13-8-12(22-17-13)9-18(14(19)10-21-2)11-6-4-5-7-11/h8,11H,3-7,9-10H2,1-2H3,(H,16,20). The fourth-order valence-corrected chi connectivity index (χ4v) is 2.76. The third kappa shape index (κ3) is 4.07. The molecule has 1 heterocycles. The van der Waals surface area contributed by atoms with E-state index in [1.807, 2.05) is 6.92 Å². The molecule has 0 aliphatic heterocycles. The van der Waals surface area contributed by atoms with Crippen LogP contribution in [0.5, 0.6) is 0 Å². The van der Waals surface area contributed by atoms with Gasteiger partial charge in [0.2, 0.25) is 5.91 Å². The number of nitrogens with one attached hydrogen (secondary N) is 1. The van der Waals surface area contributed by atoms with Crippen LogP contribution in [0.15, 0.2) is 10.6 Å². The average Bonchev–Trinajstić information content (AvgIpc) is 3.17. The fraction of sp³-hybridized carbons (Fsp3) is 0.667. The molecule has 1 fully saturated rings. The Bertz CT molecular complexity index is 509. The van der Waals surface area contributed by atoms with Gasteiger partial charge < -0.3 is 19.5 Å². The molecule has 0 saturated heterocycles. The van der Waals surface area contributed by atoms with Crippen LogP contribution in [0.2, 0.25) is 0 Å². The van der Waals surface area contributed by atoms with Crippen LogP contribution in [0.25, 0.3) is 0 Å². The Kier molecular flexibility index (Phi) is 5.94. The van der Waals surface area contributed by atoms with Crippen LogP contribution in [0.4, 0.5) is 0 Å². The molecule has 2 rings (SSSR count). The molecular formula is C15H23N3O4. The Hall–Kier alpha value is -1.89. The summed E-state index contributed by atoms with van der Waals surface area (Å²) in [5.41, 5.74) is 0.238. The van der Waals surface area contributed by atoms with Gasteiger partial charge in [-0.3, -0.25) is 9.59 Å². The summed E-state index contributed by atoms with van der Waals surface area (Å²) in [4.78, 5) is 25.7. The van der Waals surface area contributed by atoms with Gasteiger partial charge in [-0.25, -0.2) is 0 Å². The van der Waals surface area contributed by atoms with E-state index in [0.29, 0.717) is 18.8 Å². The van der Waals surface area contributed by atoms with Crippen molar-refractivity contribution in [1.82, 2.24) is 15.4 Å². The van der Waals surface area contributed by atoms with Crippen molar-refractivity contribution in [2.24, 2.45) is 0 Å². The summed E-state index contributed by atoms with van der Waals surface area (Å²) in [6, 6.07) is 1.80. The first-order valence-corrected chi connectivity index (χ1v) is 7.68. The topological polar surface area (TPSA) is 84.7 Å². The molecule has 0 unspecified atom stereocenters. The molecule has 1 aliphatic rings. The lowest BCUT2D eigenvalue weighted by molar-refractivity contribution is -0.138. The molecule has 0 spiro atoms. The first-order valence-electron chi connectivity index (χ1n) is 7.68. The van der Waals surface area contributed by atoms with E-state index in [2.05, 4.69) is 10.5 Å². The highest BCUT2D eigenvalue weighted by Crippen LogP contribution is 2.25. The smallest absolute Gasteiger partial charge is 0.273 e. The van der Waals surface area contributed by atoms with Crippen molar-refractivity contribution in [3.63, 3.8) is 0 Å². The largest absolute Gasteiger partial charge is 0.375 e. The van der Waals surface area contributed by atoms with Gasteiger partial charge in [0, 0.05) is 25.8 Å². The maximum Gasteiger partial charge on any atom is 0.273 e. The number of hydrogen-bond acceptors (Lipinski definition) is 5. The molecule has 2 amide bonds. The van der Waals surface area contributed by atoms with Crippen molar-refractivity contribution in [2.75, 3.05) is 20.3 Å². The highest BCUT2D eigenvalue weighted by Gasteiger charge is 2.28. The predicted molar refractivity (Wildman–Crippen MR) is 79.2 cm³/mol.